The van der Waals surface area contributed by atoms with Crippen LogP contribution in [0.5, 0.6) is 5.75 Å². The molecule has 3 rings (SSSR count). The van der Waals surface area contributed by atoms with Crippen LogP contribution in [-0.4, -0.2) is 39.5 Å². The number of halogens is 1. The van der Waals surface area contributed by atoms with Crippen LogP contribution in [0.2, 0.25) is 0 Å². The van der Waals surface area contributed by atoms with E-state index in [1.165, 1.54) is 0 Å². The Labute approximate surface area is 203 Å². The van der Waals surface area contributed by atoms with Crippen molar-refractivity contribution in [3.05, 3.63) is 63.9 Å². The Morgan fingerprint density at radius 3 is 2.55 bits per heavy atom. The normalized spacial score (nSPS) is 13.3. The fourth-order valence-corrected chi connectivity index (χ4v) is 3.55. The van der Waals surface area contributed by atoms with Gasteiger partial charge < -0.3 is 25.0 Å². The molecule has 3 aromatic rings. The Morgan fingerprint density at radius 1 is 1.23 bits per heavy atom. The summed E-state index contributed by atoms with van der Waals surface area (Å²) in [6.45, 7) is 4.96. The van der Waals surface area contributed by atoms with E-state index < -0.39 is 5.60 Å². The number of nitrogens with one attached hydrogen (secondary N) is 2. The maximum absolute atomic E-state index is 10.8. The number of thiophene rings is 1. The standard InChI is InChI=1S/C21H28N6O2S.HI/c1-15-25-26-19(27(15)3)12-23-20(22-11-16-5-7-18(29-4)8-6-16)24-14-21(2,28)17-9-10-30-13-17;/h5-10,13,28H,11-12,14H2,1-4H3,(H2,22,23,24);1H. The third kappa shape index (κ3) is 6.91. The van der Waals surface area contributed by atoms with Gasteiger partial charge in [0, 0.05) is 7.05 Å². The molecule has 31 heavy (non-hydrogen) atoms. The molecule has 2 heterocycles. The highest BCUT2D eigenvalue weighted by Gasteiger charge is 2.23. The van der Waals surface area contributed by atoms with Crippen molar-refractivity contribution in [1.29, 1.82) is 0 Å². The van der Waals surface area contributed by atoms with Crippen LogP contribution in [0.4, 0.5) is 0 Å². The van der Waals surface area contributed by atoms with E-state index >= 15 is 0 Å². The van der Waals surface area contributed by atoms with E-state index in [4.69, 9.17) is 4.74 Å². The van der Waals surface area contributed by atoms with Crippen molar-refractivity contribution in [3.8, 4) is 5.75 Å². The Balaban J connectivity index is 0.00000341. The maximum Gasteiger partial charge on any atom is 0.192 e. The molecule has 0 radical (unpaired) electrons. The summed E-state index contributed by atoms with van der Waals surface area (Å²) in [5.74, 6) is 3.04. The zero-order chi connectivity index (χ0) is 21.6. The highest BCUT2D eigenvalue weighted by atomic mass is 127. The molecule has 3 N–H and O–H groups in total. The quantitative estimate of drug-likeness (QED) is 0.224. The lowest BCUT2D eigenvalue weighted by Gasteiger charge is -2.24. The van der Waals surface area contributed by atoms with Gasteiger partial charge in [0.2, 0.25) is 0 Å². The first-order valence-corrected chi connectivity index (χ1v) is 10.6. The molecular weight excluding hydrogens is 527 g/mol. The van der Waals surface area contributed by atoms with Crippen LogP contribution in [0.1, 0.15) is 29.7 Å². The highest BCUT2D eigenvalue weighted by molar-refractivity contribution is 14.0. The van der Waals surface area contributed by atoms with Crippen molar-refractivity contribution in [2.75, 3.05) is 13.7 Å². The van der Waals surface area contributed by atoms with E-state index in [2.05, 4.69) is 25.8 Å². The molecule has 0 saturated heterocycles. The molecule has 2 aromatic heterocycles. The molecule has 0 spiro atoms. The second kappa shape index (κ2) is 11.4. The number of guanidine groups is 1. The zero-order valence-corrected chi connectivity index (χ0v) is 21.3. The van der Waals surface area contributed by atoms with Crippen LogP contribution in [-0.2, 0) is 25.7 Å². The SMILES string of the molecule is COc1ccc(CN=C(NCc2nnc(C)n2C)NCC(C)(O)c2ccsc2)cc1.I. The predicted molar refractivity (Wildman–Crippen MR) is 134 cm³/mol. The molecule has 0 saturated carbocycles. The summed E-state index contributed by atoms with van der Waals surface area (Å²) in [6, 6.07) is 9.71. The molecule has 0 aliphatic heterocycles. The lowest BCUT2D eigenvalue weighted by atomic mass is 9.99. The molecule has 0 amide bonds. The highest BCUT2D eigenvalue weighted by Crippen LogP contribution is 2.22. The van der Waals surface area contributed by atoms with Crippen molar-refractivity contribution in [1.82, 2.24) is 25.4 Å². The number of aliphatic hydroxyl groups is 1. The van der Waals surface area contributed by atoms with E-state index in [-0.39, 0.29) is 24.0 Å². The van der Waals surface area contributed by atoms with Crippen molar-refractivity contribution in [2.45, 2.75) is 32.5 Å². The van der Waals surface area contributed by atoms with Crippen molar-refractivity contribution >= 4 is 41.3 Å². The molecule has 0 aliphatic carbocycles. The number of benzene rings is 1. The molecule has 0 aliphatic rings. The van der Waals surface area contributed by atoms with Gasteiger partial charge in [0.15, 0.2) is 11.8 Å². The van der Waals surface area contributed by atoms with Gasteiger partial charge in [0.05, 0.1) is 26.7 Å². The number of ether oxygens (including phenoxy) is 1. The van der Waals surface area contributed by atoms with Crippen molar-refractivity contribution < 1.29 is 9.84 Å². The Hall–Kier alpha value is -2.18. The van der Waals surface area contributed by atoms with Gasteiger partial charge in [0.1, 0.15) is 17.2 Å². The largest absolute Gasteiger partial charge is 0.497 e. The molecule has 0 fully saturated rings. The number of hydrogen-bond acceptors (Lipinski definition) is 6. The van der Waals surface area contributed by atoms with E-state index in [1.54, 1.807) is 25.4 Å². The first-order chi connectivity index (χ1) is 14.4. The lowest BCUT2D eigenvalue weighted by molar-refractivity contribution is 0.0621. The van der Waals surface area contributed by atoms with Gasteiger partial charge >= 0.3 is 0 Å². The minimum absolute atomic E-state index is 0. The minimum Gasteiger partial charge on any atom is -0.497 e. The average molecular weight is 556 g/mol. The predicted octanol–water partition coefficient (Wildman–Crippen LogP) is 2.95. The number of nitrogens with zero attached hydrogens (tertiary/aromatic N) is 4. The van der Waals surface area contributed by atoms with E-state index in [0.29, 0.717) is 25.6 Å². The summed E-state index contributed by atoms with van der Waals surface area (Å²) in [5.41, 5.74) is 0.915. The van der Waals surface area contributed by atoms with Crippen LogP contribution < -0.4 is 15.4 Å². The molecule has 0 bridgehead atoms. The summed E-state index contributed by atoms with van der Waals surface area (Å²) in [7, 11) is 3.57. The molecule has 8 nitrogen and oxygen atoms in total. The van der Waals surface area contributed by atoms with Gasteiger partial charge in [-0.2, -0.15) is 11.3 Å². The number of aryl methyl sites for hydroxylation is 1. The molecule has 10 heteroatoms. The number of aliphatic imine (C=N–C) groups is 1. The first-order valence-electron chi connectivity index (χ1n) is 9.64. The summed E-state index contributed by atoms with van der Waals surface area (Å²) in [4.78, 5) is 4.67. The van der Waals surface area contributed by atoms with E-state index in [1.807, 2.05) is 59.6 Å². The Bertz CT molecular complexity index is 970. The number of methoxy groups -OCH3 is 1. The van der Waals surface area contributed by atoms with Gasteiger partial charge in [-0.05, 0) is 53.9 Å². The van der Waals surface area contributed by atoms with Crippen LogP contribution in [0.3, 0.4) is 0 Å². The molecular formula is C21H29IN6O2S. The number of aromatic nitrogens is 3. The molecule has 1 unspecified atom stereocenters. The summed E-state index contributed by atoms with van der Waals surface area (Å²) >= 11 is 1.56. The first kappa shape index (κ1) is 25.1. The van der Waals surface area contributed by atoms with Gasteiger partial charge in [-0.15, -0.1) is 34.2 Å². The average Bonchev–Trinajstić information content (AvgIpc) is 3.40. The molecule has 1 atom stereocenters. The third-order valence-corrected chi connectivity index (χ3v) is 5.60. The smallest absolute Gasteiger partial charge is 0.192 e. The zero-order valence-electron chi connectivity index (χ0n) is 18.1. The van der Waals surface area contributed by atoms with E-state index in [9.17, 15) is 5.11 Å². The second-order valence-electron chi connectivity index (χ2n) is 7.23. The minimum atomic E-state index is -1.01. The van der Waals surface area contributed by atoms with Gasteiger partial charge in [-0.3, -0.25) is 0 Å². The molecule has 1 aromatic carbocycles. The molecule has 168 valence electrons. The van der Waals surface area contributed by atoms with Crippen molar-refractivity contribution in [3.63, 3.8) is 0 Å². The number of rotatable bonds is 8. The van der Waals surface area contributed by atoms with Gasteiger partial charge in [-0.25, -0.2) is 4.99 Å². The summed E-state index contributed by atoms with van der Waals surface area (Å²) in [6.07, 6.45) is 0. The van der Waals surface area contributed by atoms with Gasteiger partial charge in [0.25, 0.3) is 0 Å². The van der Waals surface area contributed by atoms with Crippen LogP contribution >= 0.6 is 35.3 Å². The fraction of sp³-hybridized carbons (Fsp3) is 0.381. The van der Waals surface area contributed by atoms with Crippen LogP contribution in [0.15, 0.2) is 46.1 Å². The van der Waals surface area contributed by atoms with E-state index in [0.717, 1.165) is 28.5 Å². The van der Waals surface area contributed by atoms with Crippen molar-refractivity contribution in [2.24, 2.45) is 12.0 Å². The third-order valence-electron chi connectivity index (χ3n) is 4.92. The maximum atomic E-state index is 10.8. The van der Waals surface area contributed by atoms with Crippen LogP contribution in [0, 0.1) is 6.92 Å². The Kier molecular flexibility index (Phi) is 9.26. The number of hydrogen-bond donors (Lipinski definition) is 3. The second-order valence-corrected chi connectivity index (χ2v) is 8.01. The van der Waals surface area contributed by atoms with Crippen LogP contribution in [0.25, 0.3) is 0 Å². The fourth-order valence-electron chi connectivity index (χ4n) is 2.77. The Morgan fingerprint density at radius 2 is 1.97 bits per heavy atom. The summed E-state index contributed by atoms with van der Waals surface area (Å²) < 4.78 is 7.13. The van der Waals surface area contributed by atoms with Gasteiger partial charge in [-0.1, -0.05) is 12.1 Å². The summed E-state index contributed by atoms with van der Waals surface area (Å²) in [5, 5.41) is 29.5. The monoisotopic (exact) mass is 556 g/mol. The topological polar surface area (TPSA) is 96.6 Å². The lowest BCUT2D eigenvalue weighted by Crippen LogP contribution is -2.44.